The molecule has 0 spiro atoms. The maximum absolute atomic E-state index is 8.94. The lowest BCUT2D eigenvalue weighted by Crippen LogP contribution is -2.44. The quantitative estimate of drug-likeness (QED) is 0.700. The number of aliphatic hydroxyl groups is 1. The van der Waals surface area contributed by atoms with Crippen LogP contribution in [0, 0.1) is 0 Å². The van der Waals surface area contributed by atoms with E-state index in [4.69, 9.17) is 9.84 Å². The fourth-order valence-corrected chi connectivity index (χ4v) is 2.84. The number of aliphatic hydroxyl groups excluding tert-OH is 1. The van der Waals surface area contributed by atoms with Gasteiger partial charge in [0.05, 0.1) is 13.2 Å². The van der Waals surface area contributed by atoms with Crippen molar-refractivity contribution in [2.45, 2.75) is 29.9 Å². The summed E-state index contributed by atoms with van der Waals surface area (Å²) in [5.74, 6) is 0. The summed E-state index contributed by atoms with van der Waals surface area (Å²) < 4.78 is 5.42. The van der Waals surface area contributed by atoms with Gasteiger partial charge in [-0.05, 0) is 13.5 Å². The van der Waals surface area contributed by atoms with Crippen molar-refractivity contribution in [1.29, 1.82) is 0 Å². The van der Waals surface area contributed by atoms with Crippen LogP contribution in [0.5, 0.6) is 0 Å². The van der Waals surface area contributed by atoms with Gasteiger partial charge >= 0.3 is 0 Å². The summed E-state index contributed by atoms with van der Waals surface area (Å²) in [5.41, 5.74) is 0. The third kappa shape index (κ3) is 3.46. The monoisotopic (exact) mass is 205 g/mol. The van der Waals surface area contributed by atoms with Gasteiger partial charge in [0.2, 0.25) is 0 Å². The molecule has 1 aliphatic rings. The van der Waals surface area contributed by atoms with Gasteiger partial charge in [0.25, 0.3) is 0 Å². The smallest absolute Gasteiger partial charge is 0.0600 e. The predicted octanol–water partition coefficient (Wildman–Crippen LogP) is 0.477. The molecule has 2 N–H and O–H groups in total. The molecule has 1 fully saturated rings. The highest BCUT2D eigenvalue weighted by atomic mass is 32.2. The average molecular weight is 205 g/mol. The Morgan fingerprint density at radius 3 is 3.08 bits per heavy atom. The molecule has 0 amide bonds. The number of rotatable bonds is 4. The van der Waals surface area contributed by atoms with Crippen LogP contribution in [0.2, 0.25) is 0 Å². The second-order valence-corrected chi connectivity index (χ2v) is 5.11. The first-order chi connectivity index (χ1) is 6.27. The Kier molecular flexibility index (Phi) is 5.09. The molecule has 3 nitrogen and oxygen atoms in total. The SMILES string of the molecule is CNC1CCOCC1SC(C)CO. The van der Waals surface area contributed by atoms with Crippen LogP contribution in [0.15, 0.2) is 0 Å². The molecule has 4 heteroatoms. The van der Waals surface area contributed by atoms with E-state index in [-0.39, 0.29) is 6.61 Å². The Bertz CT molecular complexity index is 146. The Balaban J connectivity index is 2.35. The Hall–Kier alpha value is 0.230. The van der Waals surface area contributed by atoms with Crippen LogP contribution in [0.3, 0.4) is 0 Å². The minimum Gasteiger partial charge on any atom is -0.395 e. The molecule has 3 atom stereocenters. The number of hydrogen-bond acceptors (Lipinski definition) is 4. The summed E-state index contributed by atoms with van der Waals surface area (Å²) in [6, 6.07) is 0.535. The summed E-state index contributed by atoms with van der Waals surface area (Å²) in [6.07, 6.45) is 1.08. The fraction of sp³-hybridized carbons (Fsp3) is 1.00. The van der Waals surface area contributed by atoms with Gasteiger partial charge in [-0.3, -0.25) is 0 Å². The number of nitrogens with one attached hydrogen (secondary N) is 1. The Labute approximate surface area is 84.2 Å². The van der Waals surface area contributed by atoms with Crippen molar-refractivity contribution in [3.05, 3.63) is 0 Å². The van der Waals surface area contributed by atoms with Gasteiger partial charge in [-0.2, -0.15) is 0 Å². The fourth-order valence-electron chi connectivity index (χ4n) is 1.52. The maximum Gasteiger partial charge on any atom is 0.0600 e. The molecule has 0 radical (unpaired) electrons. The summed E-state index contributed by atoms with van der Waals surface area (Å²) in [7, 11) is 1.99. The first kappa shape index (κ1) is 11.3. The van der Waals surface area contributed by atoms with Gasteiger partial charge in [-0.1, -0.05) is 6.92 Å². The molecular weight excluding hydrogens is 186 g/mol. The first-order valence-electron chi connectivity index (χ1n) is 4.79. The molecule has 0 aromatic heterocycles. The zero-order chi connectivity index (χ0) is 9.68. The van der Waals surface area contributed by atoms with Gasteiger partial charge in [0.1, 0.15) is 0 Å². The molecule has 1 rings (SSSR count). The maximum atomic E-state index is 8.94. The van der Waals surface area contributed by atoms with Crippen LogP contribution in [0.25, 0.3) is 0 Å². The van der Waals surface area contributed by atoms with E-state index >= 15 is 0 Å². The normalized spacial score (nSPS) is 31.6. The number of hydrogen-bond donors (Lipinski definition) is 2. The summed E-state index contributed by atoms with van der Waals surface area (Å²) >= 11 is 1.82. The molecule has 3 unspecified atom stereocenters. The third-order valence-corrected chi connectivity index (χ3v) is 3.77. The van der Waals surface area contributed by atoms with Crippen molar-refractivity contribution in [2.24, 2.45) is 0 Å². The van der Waals surface area contributed by atoms with Crippen LogP contribution in [0.4, 0.5) is 0 Å². The van der Waals surface area contributed by atoms with Gasteiger partial charge in [0.15, 0.2) is 0 Å². The van der Waals surface area contributed by atoms with Gasteiger partial charge < -0.3 is 15.2 Å². The van der Waals surface area contributed by atoms with Crippen molar-refractivity contribution in [3.63, 3.8) is 0 Å². The lowest BCUT2D eigenvalue weighted by molar-refractivity contribution is 0.0848. The highest BCUT2D eigenvalue weighted by molar-refractivity contribution is 8.00. The summed E-state index contributed by atoms with van der Waals surface area (Å²) in [5, 5.41) is 13.0. The second-order valence-electron chi connectivity index (χ2n) is 3.43. The molecule has 1 heterocycles. The molecule has 13 heavy (non-hydrogen) atoms. The molecule has 1 aliphatic heterocycles. The zero-order valence-electron chi connectivity index (χ0n) is 8.32. The van der Waals surface area contributed by atoms with Crippen molar-refractivity contribution in [1.82, 2.24) is 5.32 Å². The third-order valence-electron chi connectivity index (χ3n) is 2.34. The minimum atomic E-state index is 0.248. The Morgan fingerprint density at radius 2 is 2.46 bits per heavy atom. The van der Waals surface area contributed by atoms with E-state index in [0.29, 0.717) is 16.5 Å². The lowest BCUT2D eigenvalue weighted by atomic mass is 10.1. The van der Waals surface area contributed by atoms with Crippen molar-refractivity contribution >= 4 is 11.8 Å². The molecule has 78 valence electrons. The molecule has 1 saturated heterocycles. The van der Waals surface area contributed by atoms with Crippen LogP contribution >= 0.6 is 11.8 Å². The van der Waals surface area contributed by atoms with Crippen molar-refractivity contribution < 1.29 is 9.84 Å². The molecule has 0 saturated carbocycles. The molecule has 0 aromatic carbocycles. The largest absolute Gasteiger partial charge is 0.395 e. The van der Waals surface area contributed by atoms with Gasteiger partial charge in [-0.15, -0.1) is 11.8 Å². The lowest BCUT2D eigenvalue weighted by Gasteiger charge is -2.32. The highest BCUT2D eigenvalue weighted by Gasteiger charge is 2.26. The minimum absolute atomic E-state index is 0.248. The van der Waals surface area contributed by atoms with E-state index in [1.54, 1.807) is 0 Å². The van der Waals surface area contributed by atoms with Crippen LogP contribution in [-0.4, -0.2) is 48.5 Å². The predicted molar refractivity (Wildman–Crippen MR) is 56.2 cm³/mol. The van der Waals surface area contributed by atoms with Crippen LogP contribution in [-0.2, 0) is 4.74 Å². The zero-order valence-corrected chi connectivity index (χ0v) is 9.14. The van der Waals surface area contributed by atoms with E-state index in [9.17, 15) is 0 Å². The number of thioether (sulfide) groups is 1. The van der Waals surface area contributed by atoms with Crippen molar-refractivity contribution in [3.8, 4) is 0 Å². The summed E-state index contributed by atoms with van der Waals surface area (Å²) in [6.45, 7) is 3.96. The van der Waals surface area contributed by atoms with E-state index < -0.39 is 0 Å². The summed E-state index contributed by atoms with van der Waals surface area (Å²) in [4.78, 5) is 0. The number of ether oxygens (including phenoxy) is 1. The van der Waals surface area contributed by atoms with E-state index in [0.717, 1.165) is 19.6 Å². The van der Waals surface area contributed by atoms with E-state index in [1.807, 2.05) is 25.7 Å². The molecule has 0 bridgehead atoms. The second kappa shape index (κ2) is 5.86. The highest BCUT2D eigenvalue weighted by Crippen LogP contribution is 2.24. The van der Waals surface area contributed by atoms with Crippen LogP contribution < -0.4 is 5.32 Å². The molecular formula is C9H19NO2S. The standard InChI is InChI=1S/C9H19NO2S/c1-7(5-11)13-9-6-12-4-3-8(9)10-2/h7-11H,3-6H2,1-2H3. The van der Waals surface area contributed by atoms with Crippen LogP contribution in [0.1, 0.15) is 13.3 Å². The molecule has 0 aromatic rings. The first-order valence-corrected chi connectivity index (χ1v) is 5.73. The Morgan fingerprint density at radius 1 is 1.69 bits per heavy atom. The average Bonchev–Trinajstić information content (AvgIpc) is 2.18. The van der Waals surface area contributed by atoms with Gasteiger partial charge in [0, 0.05) is 23.1 Å². The van der Waals surface area contributed by atoms with Gasteiger partial charge in [-0.25, -0.2) is 0 Å². The van der Waals surface area contributed by atoms with E-state index in [1.165, 1.54) is 0 Å². The molecule has 0 aliphatic carbocycles. The topological polar surface area (TPSA) is 41.5 Å². The van der Waals surface area contributed by atoms with Crippen molar-refractivity contribution in [2.75, 3.05) is 26.9 Å². The van der Waals surface area contributed by atoms with E-state index in [2.05, 4.69) is 5.32 Å².